The highest BCUT2D eigenvalue weighted by molar-refractivity contribution is 4.57. The molecule has 1 unspecified atom stereocenters. The van der Waals surface area contributed by atoms with Gasteiger partial charge in [0.15, 0.2) is 0 Å². The molecule has 0 spiro atoms. The number of hydrogen-bond acceptors (Lipinski definition) is 3. The lowest BCUT2D eigenvalue weighted by Crippen LogP contribution is -2.32. The largest absolute Gasteiger partial charge is 0.384 e. The average molecular weight is 188 g/mol. The zero-order valence-electron chi connectivity index (χ0n) is 9.47. The van der Waals surface area contributed by atoms with Crippen LogP contribution < -0.4 is 5.32 Å². The van der Waals surface area contributed by atoms with Crippen LogP contribution in [0.2, 0.25) is 0 Å². The second-order valence-electron chi connectivity index (χ2n) is 3.66. The van der Waals surface area contributed by atoms with E-state index in [2.05, 4.69) is 31.1 Å². The highest BCUT2D eigenvalue weighted by Gasteiger charge is 2.00. The van der Waals surface area contributed by atoms with Crippen molar-refractivity contribution in [3.63, 3.8) is 0 Å². The molecule has 0 aliphatic carbocycles. The molecule has 0 aromatic heterocycles. The van der Waals surface area contributed by atoms with Gasteiger partial charge in [-0.1, -0.05) is 13.8 Å². The summed E-state index contributed by atoms with van der Waals surface area (Å²) in [6.45, 7) is 9.57. The first-order chi connectivity index (χ1) is 6.20. The lowest BCUT2D eigenvalue weighted by molar-refractivity contribution is 0.158. The van der Waals surface area contributed by atoms with Gasteiger partial charge in [-0.2, -0.15) is 0 Å². The molecule has 1 N–H and O–H groups in total. The Balaban J connectivity index is 3.15. The fourth-order valence-corrected chi connectivity index (χ4v) is 1.12. The van der Waals surface area contributed by atoms with Gasteiger partial charge in [0.05, 0.1) is 0 Å². The van der Waals surface area contributed by atoms with Gasteiger partial charge in [0, 0.05) is 26.8 Å². The Morgan fingerprint density at radius 3 is 2.69 bits per heavy atom. The van der Waals surface area contributed by atoms with Gasteiger partial charge in [0.1, 0.15) is 0 Å². The molecule has 0 saturated heterocycles. The molecule has 0 radical (unpaired) electrons. The Bertz CT molecular complexity index is 109. The maximum absolute atomic E-state index is 5.05. The maximum Gasteiger partial charge on any atom is 0.0499 e. The van der Waals surface area contributed by atoms with Crippen LogP contribution in [0.4, 0.5) is 0 Å². The first kappa shape index (κ1) is 12.9. The minimum absolute atomic E-state index is 0.608. The van der Waals surface area contributed by atoms with E-state index in [-0.39, 0.29) is 0 Å². The summed E-state index contributed by atoms with van der Waals surface area (Å²) >= 11 is 0. The predicted octanol–water partition coefficient (Wildman–Crippen LogP) is 0.810. The molecule has 0 aliphatic heterocycles. The SMILES string of the molecule is CCN(C)CCNCC(C)COC. The number of methoxy groups -OCH3 is 1. The van der Waals surface area contributed by atoms with E-state index >= 15 is 0 Å². The van der Waals surface area contributed by atoms with Crippen LogP contribution in [0.5, 0.6) is 0 Å². The molecule has 13 heavy (non-hydrogen) atoms. The van der Waals surface area contributed by atoms with Gasteiger partial charge >= 0.3 is 0 Å². The van der Waals surface area contributed by atoms with Crippen LogP contribution in [-0.4, -0.2) is 51.8 Å². The maximum atomic E-state index is 5.05. The molecular weight excluding hydrogens is 164 g/mol. The Labute approximate surface area is 82.4 Å². The van der Waals surface area contributed by atoms with Gasteiger partial charge < -0.3 is 15.0 Å². The standard InChI is InChI=1S/C10H24N2O/c1-5-12(3)7-6-11-8-10(2)9-13-4/h10-11H,5-9H2,1-4H3. The summed E-state index contributed by atoms with van der Waals surface area (Å²) < 4.78 is 5.05. The lowest BCUT2D eigenvalue weighted by Gasteiger charge is -2.15. The molecule has 0 aliphatic rings. The number of ether oxygens (including phenoxy) is 1. The van der Waals surface area contributed by atoms with Crippen LogP contribution >= 0.6 is 0 Å². The first-order valence-corrected chi connectivity index (χ1v) is 5.08. The number of nitrogens with zero attached hydrogens (tertiary/aromatic N) is 1. The summed E-state index contributed by atoms with van der Waals surface area (Å²) in [7, 11) is 3.89. The number of likely N-dealkylation sites (N-methyl/N-ethyl adjacent to an activating group) is 1. The third-order valence-corrected chi connectivity index (χ3v) is 2.15. The molecule has 80 valence electrons. The van der Waals surface area contributed by atoms with Crippen LogP contribution in [0.3, 0.4) is 0 Å². The molecule has 0 heterocycles. The molecule has 0 aromatic carbocycles. The topological polar surface area (TPSA) is 24.5 Å². The second kappa shape index (κ2) is 8.48. The van der Waals surface area contributed by atoms with E-state index in [0.717, 1.165) is 32.8 Å². The van der Waals surface area contributed by atoms with E-state index in [1.807, 2.05) is 0 Å². The third kappa shape index (κ3) is 8.22. The van der Waals surface area contributed by atoms with E-state index in [4.69, 9.17) is 4.74 Å². The number of hydrogen-bond donors (Lipinski definition) is 1. The fraction of sp³-hybridized carbons (Fsp3) is 1.00. The first-order valence-electron chi connectivity index (χ1n) is 5.08. The van der Waals surface area contributed by atoms with E-state index in [0.29, 0.717) is 5.92 Å². The summed E-state index contributed by atoms with van der Waals surface area (Å²) in [5.41, 5.74) is 0. The molecule has 0 fully saturated rings. The molecule has 0 bridgehead atoms. The van der Waals surface area contributed by atoms with Gasteiger partial charge in [-0.3, -0.25) is 0 Å². The molecule has 0 saturated carbocycles. The molecule has 3 heteroatoms. The van der Waals surface area contributed by atoms with Crippen molar-refractivity contribution < 1.29 is 4.74 Å². The van der Waals surface area contributed by atoms with Crippen LogP contribution in [0, 0.1) is 5.92 Å². The molecular formula is C10H24N2O. The van der Waals surface area contributed by atoms with Gasteiger partial charge in [-0.15, -0.1) is 0 Å². The second-order valence-corrected chi connectivity index (χ2v) is 3.66. The highest BCUT2D eigenvalue weighted by Crippen LogP contribution is 1.91. The molecule has 0 aromatic rings. The highest BCUT2D eigenvalue weighted by atomic mass is 16.5. The van der Waals surface area contributed by atoms with Crippen LogP contribution in [-0.2, 0) is 4.74 Å². The quantitative estimate of drug-likeness (QED) is 0.571. The summed E-state index contributed by atoms with van der Waals surface area (Å²) in [5, 5.41) is 3.41. The Kier molecular flexibility index (Phi) is 8.40. The zero-order valence-corrected chi connectivity index (χ0v) is 9.47. The molecule has 0 rings (SSSR count). The van der Waals surface area contributed by atoms with Gasteiger partial charge in [-0.25, -0.2) is 0 Å². The lowest BCUT2D eigenvalue weighted by atomic mass is 10.2. The van der Waals surface area contributed by atoms with Crippen molar-refractivity contribution in [1.29, 1.82) is 0 Å². The van der Waals surface area contributed by atoms with Crippen molar-refractivity contribution in [1.82, 2.24) is 10.2 Å². The molecule has 0 amide bonds. The van der Waals surface area contributed by atoms with Crippen molar-refractivity contribution in [2.45, 2.75) is 13.8 Å². The summed E-state index contributed by atoms with van der Waals surface area (Å²) in [6.07, 6.45) is 0. The van der Waals surface area contributed by atoms with Crippen molar-refractivity contribution in [2.24, 2.45) is 5.92 Å². The molecule has 3 nitrogen and oxygen atoms in total. The monoisotopic (exact) mass is 188 g/mol. The van der Waals surface area contributed by atoms with E-state index in [9.17, 15) is 0 Å². The van der Waals surface area contributed by atoms with E-state index in [1.165, 1.54) is 0 Å². The Morgan fingerprint density at radius 2 is 2.15 bits per heavy atom. The van der Waals surface area contributed by atoms with Crippen LogP contribution in [0.25, 0.3) is 0 Å². The van der Waals surface area contributed by atoms with Crippen molar-refractivity contribution in [3.05, 3.63) is 0 Å². The van der Waals surface area contributed by atoms with Crippen molar-refractivity contribution >= 4 is 0 Å². The number of rotatable bonds is 8. The van der Waals surface area contributed by atoms with Crippen LogP contribution in [0.15, 0.2) is 0 Å². The third-order valence-electron chi connectivity index (χ3n) is 2.15. The van der Waals surface area contributed by atoms with Gasteiger partial charge in [0.2, 0.25) is 0 Å². The predicted molar refractivity (Wildman–Crippen MR) is 57.1 cm³/mol. The summed E-state index contributed by atoms with van der Waals surface area (Å²) in [5.74, 6) is 0.608. The van der Waals surface area contributed by atoms with Gasteiger partial charge in [0.25, 0.3) is 0 Å². The Morgan fingerprint density at radius 1 is 1.46 bits per heavy atom. The van der Waals surface area contributed by atoms with Crippen molar-refractivity contribution in [2.75, 3.05) is 46.9 Å². The van der Waals surface area contributed by atoms with E-state index < -0.39 is 0 Å². The van der Waals surface area contributed by atoms with E-state index in [1.54, 1.807) is 7.11 Å². The minimum Gasteiger partial charge on any atom is -0.384 e. The fourth-order valence-electron chi connectivity index (χ4n) is 1.12. The zero-order chi connectivity index (χ0) is 10.1. The smallest absolute Gasteiger partial charge is 0.0499 e. The summed E-state index contributed by atoms with van der Waals surface area (Å²) in [4.78, 5) is 2.30. The number of nitrogens with one attached hydrogen (secondary N) is 1. The normalized spacial score (nSPS) is 13.6. The minimum atomic E-state index is 0.608. The average Bonchev–Trinajstić information content (AvgIpc) is 2.12. The van der Waals surface area contributed by atoms with Gasteiger partial charge in [-0.05, 0) is 26.1 Å². The van der Waals surface area contributed by atoms with Crippen molar-refractivity contribution in [3.8, 4) is 0 Å². The summed E-state index contributed by atoms with van der Waals surface area (Å²) in [6, 6.07) is 0. The van der Waals surface area contributed by atoms with Crippen LogP contribution in [0.1, 0.15) is 13.8 Å². The Hall–Kier alpha value is -0.120. The molecule has 1 atom stereocenters.